The van der Waals surface area contributed by atoms with Gasteiger partial charge in [-0.05, 0) is 31.0 Å². The van der Waals surface area contributed by atoms with E-state index in [9.17, 15) is 4.79 Å². The van der Waals surface area contributed by atoms with Gasteiger partial charge in [0.15, 0.2) is 6.29 Å². The number of fused-ring (bicyclic) bond motifs is 1. The number of rotatable bonds is 2. The van der Waals surface area contributed by atoms with Crippen LogP contribution in [-0.4, -0.2) is 6.29 Å². The van der Waals surface area contributed by atoms with Crippen LogP contribution in [-0.2, 0) is 6.42 Å². The van der Waals surface area contributed by atoms with E-state index in [4.69, 9.17) is 0 Å². The van der Waals surface area contributed by atoms with Crippen LogP contribution < -0.4 is 0 Å². The fourth-order valence-corrected chi connectivity index (χ4v) is 2.67. The van der Waals surface area contributed by atoms with Crippen LogP contribution in [0.15, 0.2) is 18.2 Å². The van der Waals surface area contributed by atoms with Gasteiger partial charge in [-0.25, -0.2) is 0 Å². The first-order valence-corrected chi connectivity index (χ1v) is 5.55. The smallest absolute Gasteiger partial charge is 0.151 e. The van der Waals surface area contributed by atoms with E-state index >= 15 is 0 Å². The molecule has 14 heavy (non-hydrogen) atoms. The monoisotopic (exact) mass is 204 g/mol. The van der Waals surface area contributed by atoms with E-state index in [0.717, 1.165) is 28.5 Å². The lowest BCUT2D eigenvalue weighted by atomic mass is 10.1. The van der Waals surface area contributed by atoms with Crippen molar-refractivity contribution in [3.8, 4) is 0 Å². The van der Waals surface area contributed by atoms with Gasteiger partial charge in [0.2, 0.25) is 0 Å². The molecule has 2 heteroatoms. The minimum atomic E-state index is 0.861. The Bertz CT molecular complexity index is 482. The van der Waals surface area contributed by atoms with Gasteiger partial charge in [-0.1, -0.05) is 13.0 Å². The molecule has 0 aliphatic rings. The van der Waals surface area contributed by atoms with Crippen molar-refractivity contribution in [2.24, 2.45) is 0 Å². The zero-order chi connectivity index (χ0) is 10.1. The van der Waals surface area contributed by atoms with Crippen LogP contribution >= 0.6 is 11.3 Å². The fourth-order valence-electron chi connectivity index (χ4n) is 1.65. The molecule has 0 radical (unpaired) electrons. The molecule has 1 aromatic heterocycles. The van der Waals surface area contributed by atoms with E-state index in [1.165, 1.54) is 10.3 Å². The lowest BCUT2D eigenvalue weighted by molar-refractivity contribution is 0.112. The molecule has 0 atom stereocenters. The van der Waals surface area contributed by atoms with Gasteiger partial charge in [0, 0.05) is 20.5 Å². The lowest BCUT2D eigenvalue weighted by Gasteiger charge is -1.96. The van der Waals surface area contributed by atoms with Gasteiger partial charge < -0.3 is 0 Å². The summed E-state index contributed by atoms with van der Waals surface area (Å²) in [6.45, 7) is 4.13. The molecule has 2 aromatic rings. The summed E-state index contributed by atoms with van der Waals surface area (Å²) in [5.41, 5.74) is 2.15. The standard InChI is InChI=1S/C12H12OS/c1-3-9-4-5-12-10(6-9)11(7-13)8(2)14-12/h4-7H,3H2,1-2H3. The lowest BCUT2D eigenvalue weighted by Crippen LogP contribution is -1.82. The van der Waals surface area contributed by atoms with Crippen molar-refractivity contribution in [1.29, 1.82) is 0 Å². The second-order valence-corrected chi connectivity index (χ2v) is 4.63. The minimum absolute atomic E-state index is 0.861. The predicted octanol–water partition coefficient (Wildman–Crippen LogP) is 3.58. The molecule has 1 aromatic carbocycles. The van der Waals surface area contributed by atoms with Crippen LogP contribution in [0.3, 0.4) is 0 Å². The summed E-state index contributed by atoms with van der Waals surface area (Å²) < 4.78 is 1.21. The topological polar surface area (TPSA) is 17.1 Å². The van der Waals surface area contributed by atoms with Gasteiger partial charge in [-0.3, -0.25) is 4.79 Å². The third kappa shape index (κ3) is 1.36. The van der Waals surface area contributed by atoms with Crippen LogP contribution in [0.25, 0.3) is 10.1 Å². The number of aryl methyl sites for hydroxylation is 2. The Balaban J connectivity index is 2.77. The molecule has 0 bridgehead atoms. The van der Waals surface area contributed by atoms with Crippen LogP contribution in [0.4, 0.5) is 0 Å². The van der Waals surface area contributed by atoms with E-state index in [1.807, 2.05) is 6.92 Å². The van der Waals surface area contributed by atoms with E-state index in [1.54, 1.807) is 11.3 Å². The summed E-state index contributed by atoms with van der Waals surface area (Å²) in [4.78, 5) is 12.0. The maximum atomic E-state index is 10.9. The molecule has 0 fully saturated rings. The molecule has 0 aliphatic carbocycles. The van der Waals surface area contributed by atoms with Crippen molar-refractivity contribution >= 4 is 27.7 Å². The largest absolute Gasteiger partial charge is 0.298 e. The summed E-state index contributed by atoms with van der Waals surface area (Å²) >= 11 is 1.69. The third-order valence-corrected chi connectivity index (χ3v) is 3.60. The van der Waals surface area contributed by atoms with Crippen LogP contribution in [0, 0.1) is 6.92 Å². The maximum absolute atomic E-state index is 10.9. The molecule has 0 saturated carbocycles. The number of benzene rings is 1. The summed E-state index contributed by atoms with van der Waals surface area (Å²) in [5.74, 6) is 0. The van der Waals surface area contributed by atoms with Gasteiger partial charge >= 0.3 is 0 Å². The highest BCUT2D eigenvalue weighted by atomic mass is 32.1. The maximum Gasteiger partial charge on any atom is 0.151 e. The molecule has 0 amide bonds. The highest BCUT2D eigenvalue weighted by Gasteiger charge is 2.07. The SMILES string of the molecule is CCc1ccc2sc(C)c(C=O)c2c1. The van der Waals surface area contributed by atoms with Gasteiger partial charge in [-0.15, -0.1) is 11.3 Å². The average Bonchev–Trinajstić information content (AvgIpc) is 2.52. The van der Waals surface area contributed by atoms with Gasteiger partial charge in [-0.2, -0.15) is 0 Å². The van der Waals surface area contributed by atoms with E-state index in [0.29, 0.717) is 0 Å². The Morgan fingerprint density at radius 1 is 1.43 bits per heavy atom. The zero-order valence-electron chi connectivity index (χ0n) is 8.33. The second kappa shape index (κ2) is 3.54. The average molecular weight is 204 g/mol. The number of carbonyl (C=O) groups excluding carboxylic acids is 1. The molecule has 0 aliphatic heterocycles. The van der Waals surface area contributed by atoms with Crippen LogP contribution in [0.2, 0.25) is 0 Å². The first kappa shape index (κ1) is 9.41. The van der Waals surface area contributed by atoms with Crippen LogP contribution in [0.1, 0.15) is 27.7 Å². The quantitative estimate of drug-likeness (QED) is 0.683. The van der Waals surface area contributed by atoms with Gasteiger partial charge in [0.05, 0.1) is 0 Å². The first-order chi connectivity index (χ1) is 6.76. The molecular formula is C12H12OS. The Morgan fingerprint density at radius 3 is 2.86 bits per heavy atom. The van der Waals surface area contributed by atoms with Crippen molar-refractivity contribution < 1.29 is 4.79 Å². The van der Waals surface area contributed by atoms with Crippen LogP contribution in [0.5, 0.6) is 0 Å². The van der Waals surface area contributed by atoms with E-state index in [-0.39, 0.29) is 0 Å². The molecule has 1 heterocycles. The fraction of sp³-hybridized carbons (Fsp3) is 0.250. The molecule has 0 unspecified atom stereocenters. The molecule has 1 nitrogen and oxygen atoms in total. The molecule has 0 N–H and O–H groups in total. The Kier molecular flexibility index (Phi) is 2.38. The minimum Gasteiger partial charge on any atom is -0.298 e. The van der Waals surface area contributed by atoms with Crippen molar-refractivity contribution in [3.05, 3.63) is 34.2 Å². The molecule has 0 saturated heterocycles. The van der Waals surface area contributed by atoms with E-state index < -0.39 is 0 Å². The zero-order valence-corrected chi connectivity index (χ0v) is 9.15. The predicted molar refractivity (Wildman–Crippen MR) is 61.3 cm³/mol. The van der Waals surface area contributed by atoms with Crippen molar-refractivity contribution in [1.82, 2.24) is 0 Å². The van der Waals surface area contributed by atoms with E-state index in [2.05, 4.69) is 25.1 Å². The van der Waals surface area contributed by atoms with Crippen molar-refractivity contribution in [3.63, 3.8) is 0 Å². The highest BCUT2D eigenvalue weighted by Crippen LogP contribution is 2.30. The number of aldehydes is 1. The number of thiophene rings is 1. The third-order valence-electron chi connectivity index (χ3n) is 2.50. The molecule has 72 valence electrons. The Hall–Kier alpha value is -1.15. The Morgan fingerprint density at radius 2 is 2.21 bits per heavy atom. The first-order valence-electron chi connectivity index (χ1n) is 4.73. The van der Waals surface area contributed by atoms with Crippen molar-refractivity contribution in [2.45, 2.75) is 20.3 Å². The molecule has 0 spiro atoms. The summed E-state index contributed by atoms with van der Waals surface area (Å²) in [5, 5.41) is 1.11. The Labute approximate surface area is 87.4 Å². The van der Waals surface area contributed by atoms with Crippen molar-refractivity contribution in [2.75, 3.05) is 0 Å². The molecular weight excluding hydrogens is 192 g/mol. The number of carbonyl (C=O) groups is 1. The summed E-state index contributed by atoms with van der Waals surface area (Å²) in [6, 6.07) is 6.37. The van der Waals surface area contributed by atoms with Gasteiger partial charge in [0.1, 0.15) is 0 Å². The normalized spacial score (nSPS) is 10.7. The number of hydrogen-bond donors (Lipinski definition) is 0. The molecule has 2 rings (SSSR count). The van der Waals surface area contributed by atoms with Gasteiger partial charge in [0.25, 0.3) is 0 Å². The number of hydrogen-bond acceptors (Lipinski definition) is 2. The second-order valence-electron chi connectivity index (χ2n) is 3.37. The summed E-state index contributed by atoms with van der Waals surface area (Å²) in [7, 11) is 0. The summed E-state index contributed by atoms with van der Waals surface area (Å²) in [6.07, 6.45) is 1.98. The highest BCUT2D eigenvalue weighted by molar-refractivity contribution is 7.19.